The number of fused-ring (bicyclic) bond motifs is 4. The maximum absolute atomic E-state index is 13.1. The van der Waals surface area contributed by atoms with Crippen molar-refractivity contribution in [2.24, 2.45) is 0 Å². The number of nitrogens with one attached hydrogen (secondary N) is 1. The quantitative estimate of drug-likeness (QED) is 0.439. The van der Waals surface area contributed by atoms with E-state index in [9.17, 15) is 9.59 Å². The number of hydrogen-bond acceptors (Lipinski definition) is 5. The zero-order valence-electron chi connectivity index (χ0n) is 16.9. The van der Waals surface area contributed by atoms with Gasteiger partial charge in [-0.3, -0.25) is 14.0 Å². The Morgan fingerprint density at radius 3 is 2.61 bits per heavy atom. The first kappa shape index (κ1) is 19.5. The molecule has 1 aliphatic carbocycles. The lowest BCUT2D eigenvalue weighted by molar-refractivity contribution is 0.0934. The molecule has 0 aliphatic heterocycles. The summed E-state index contributed by atoms with van der Waals surface area (Å²) < 4.78 is 1.90. The third-order valence-corrected chi connectivity index (χ3v) is 6.20. The van der Waals surface area contributed by atoms with Gasteiger partial charge in [0.05, 0.1) is 6.04 Å². The number of benzene rings is 2. The van der Waals surface area contributed by atoms with Crippen LogP contribution in [0.5, 0.6) is 0 Å². The fraction of sp³-hybridized carbons (Fsp3) is 0.167. The van der Waals surface area contributed by atoms with Gasteiger partial charge in [-0.2, -0.15) is 11.8 Å². The van der Waals surface area contributed by atoms with Gasteiger partial charge in [0.2, 0.25) is 0 Å². The smallest absolute Gasteiger partial charge is 0.251 e. The average Bonchev–Trinajstić information content (AvgIpc) is 3.36. The highest BCUT2D eigenvalue weighted by molar-refractivity contribution is 7.98. The molecule has 0 spiro atoms. The Balaban J connectivity index is 1.45. The number of carbonyl (C=O) groups excluding carboxylic acids is 2. The van der Waals surface area contributed by atoms with E-state index in [1.807, 2.05) is 65.4 Å². The molecule has 2 heterocycles. The number of pyridine rings is 1. The zero-order valence-corrected chi connectivity index (χ0v) is 17.7. The van der Waals surface area contributed by atoms with Crippen molar-refractivity contribution in [1.82, 2.24) is 19.9 Å². The molecule has 0 bridgehead atoms. The first-order valence-corrected chi connectivity index (χ1v) is 11.4. The monoisotopic (exact) mass is 428 g/mol. The van der Waals surface area contributed by atoms with Gasteiger partial charge in [0.1, 0.15) is 0 Å². The van der Waals surface area contributed by atoms with Gasteiger partial charge >= 0.3 is 0 Å². The van der Waals surface area contributed by atoms with E-state index in [-0.39, 0.29) is 17.7 Å². The van der Waals surface area contributed by atoms with Crippen molar-refractivity contribution in [1.29, 1.82) is 0 Å². The lowest BCUT2D eigenvalue weighted by atomic mass is 10.0. The highest BCUT2D eigenvalue weighted by Crippen LogP contribution is 2.36. The molecule has 2 aromatic heterocycles. The van der Waals surface area contributed by atoms with Crippen molar-refractivity contribution < 1.29 is 9.59 Å². The van der Waals surface area contributed by atoms with Crippen LogP contribution in [-0.4, -0.2) is 38.3 Å². The van der Waals surface area contributed by atoms with Crippen molar-refractivity contribution in [3.63, 3.8) is 0 Å². The Morgan fingerprint density at radius 1 is 1.00 bits per heavy atom. The molecule has 0 radical (unpaired) electrons. The summed E-state index contributed by atoms with van der Waals surface area (Å²) >= 11 is 1.71. The topological polar surface area (TPSA) is 76.4 Å². The van der Waals surface area contributed by atoms with E-state index in [2.05, 4.69) is 15.5 Å². The number of aromatic nitrogens is 3. The molecule has 1 atom stereocenters. The van der Waals surface area contributed by atoms with Crippen LogP contribution in [0.3, 0.4) is 0 Å². The van der Waals surface area contributed by atoms with Crippen molar-refractivity contribution in [2.75, 3.05) is 12.0 Å². The average molecular weight is 429 g/mol. The second-order valence-electron chi connectivity index (χ2n) is 7.43. The number of thioether (sulfide) groups is 1. The summed E-state index contributed by atoms with van der Waals surface area (Å²) in [6.07, 6.45) is 4.65. The molecule has 5 rings (SSSR count). The summed E-state index contributed by atoms with van der Waals surface area (Å²) in [6.45, 7) is 0. The molecule has 0 fully saturated rings. The molecule has 6 nitrogen and oxygen atoms in total. The molecule has 0 saturated heterocycles. The van der Waals surface area contributed by atoms with E-state index in [1.54, 1.807) is 23.9 Å². The second kappa shape index (κ2) is 8.00. The number of ketones is 1. The van der Waals surface area contributed by atoms with E-state index < -0.39 is 0 Å². The first-order chi connectivity index (χ1) is 15.2. The fourth-order valence-corrected chi connectivity index (χ4v) is 4.48. The van der Waals surface area contributed by atoms with Gasteiger partial charge < -0.3 is 5.32 Å². The first-order valence-electron chi connectivity index (χ1n) is 10.0. The number of nitrogens with zero attached hydrogens (tertiary/aromatic N) is 3. The second-order valence-corrected chi connectivity index (χ2v) is 8.42. The molecule has 7 heteroatoms. The molecule has 154 valence electrons. The minimum Gasteiger partial charge on any atom is -0.342 e. The molecule has 0 saturated carbocycles. The summed E-state index contributed by atoms with van der Waals surface area (Å²) in [5.74, 6) is 1.29. The molecular formula is C24H20N4O2S. The van der Waals surface area contributed by atoms with Crippen LogP contribution in [0.1, 0.15) is 44.6 Å². The molecule has 1 amide bonds. The molecule has 2 aromatic carbocycles. The normalized spacial score (nSPS) is 13.1. The van der Waals surface area contributed by atoms with E-state index in [0.29, 0.717) is 22.5 Å². The number of hydrogen-bond donors (Lipinski definition) is 1. The van der Waals surface area contributed by atoms with E-state index >= 15 is 0 Å². The van der Waals surface area contributed by atoms with Crippen LogP contribution in [-0.2, 0) is 0 Å². The molecule has 1 aliphatic rings. The van der Waals surface area contributed by atoms with Crippen LogP contribution in [0.2, 0.25) is 0 Å². The molecule has 1 unspecified atom stereocenters. The Hall–Kier alpha value is -3.45. The van der Waals surface area contributed by atoms with E-state index in [0.717, 1.165) is 28.9 Å². The van der Waals surface area contributed by atoms with Crippen molar-refractivity contribution in [3.05, 3.63) is 89.4 Å². The van der Waals surface area contributed by atoms with Crippen LogP contribution in [0.15, 0.2) is 66.9 Å². The predicted molar refractivity (Wildman–Crippen MR) is 122 cm³/mol. The van der Waals surface area contributed by atoms with Crippen molar-refractivity contribution in [3.8, 4) is 11.1 Å². The SMILES string of the molecule is CSCCC(NC(=O)c1ccc2c(c1)C(=O)c1ccccc1-2)c1nnc2ccccn12. The Morgan fingerprint density at radius 2 is 1.77 bits per heavy atom. The van der Waals surface area contributed by atoms with Crippen LogP contribution >= 0.6 is 11.8 Å². The van der Waals surface area contributed by atoms with Gasteiger partial charge in [-0.1, -0.05) is 36.4 Å². The standard InChI is InChI=1S/C24H20N4O2S/c1-31-13-11-20(23-27-26-21-8-4-5-12-28(21)23)25-24(30)15-9-10-17-16-6-2-3-7-18(16)22(29)19(17)14-15/h2-10,12,14,20H,11,13H2,1H3,(H,25,30). The van der Waals surface area contributed by atoms with Crippen molar-refractivity contribution >= 4 is 29.1 Å². The van der Waals surface area contributed by atoms with Gasteiger partial charge in [-0.25, -0.2) is 0 Å². The Kier molecular flexibility index (Phi) is 5.03. The van der Waals surface area contributed by atoms with Gasteiger partial charge in [0.15, 0.2) is 17.3 Å². The summed E-state index contributed by atoms with van der Waals surface area (Å²) in [5, 5.41) is 11.6. The van der Waals surface area contributed by atoms with Gasteiger partial charge in [0.25, 0.3) is 5.91 Å². The summed E-state index contributed by atoms with van der Waals surface area (Å²) in [7, 11) is 0. The number of carbonyl (C=O) groups is 2. The molecular weight excluding hydrogens is 408 g/mol. The van der Waals surface area contributed by atoms with Crippen LogP contribution < -0.4 is 5.32 Å². The third kappa shape index (κ3) is 3.41. The molecule has 4 aromatic rings. The highest BCUT2D eigenvalue weighted by Gasteiger charge is 2.28. The maximum atomic E-state index is 13.1. The van der Waals surface area contributed by atoms with E-state index in [4.69, 9.17) is 0 Å². The predicted octanol–water partition coefficient (Wildman–Crippen LogP) is 4.16. The van der Waals surface area contributed by atoms with E-state index in [1.165, 1.54) is 0 Å². The largest absolute Gasteiger partial charge is 0.342 e. The lowest BCUT2D eigenvalue weighted by Gasteiger charge is -2.17. The van der Waals surface area contributed by atoms with Gasteiger partial charge in [-0.15, -0.1) is 10.2 Å². The van der Waals surface area contributed by atoms with Crippen molar-refractivity contribution in [2.45, 2.75) is 12.5 Å². The minimum atomic E-state index is -0.293. The van der Waals surface area contributed by atoms with Crippen LogP contribution in [0.4, 0.5) is 0 Å². The Bertz CT molecular complexity index is 1310. The minimum absolute atomic E-state index is 0.0392. The fourth-order valence-electron chi connectivity index (χ4n) is 4.01. The van der Waals surface area contributed by atoms with Crippen LogP contribution in [0, 0.1) is 0 Å². The third-order valence-electron chi connectivity index (χ3n) is 5.56. The summed E-state index contributed by atoms with van der Waals surface area (Å²) in [5.41, 5.74) is 4.25. The highest BCUT2D eigenvalue weighted by atomic mass is 32.2. The van der Waals surface area contributed by atoms with Gasteiger partial charge in [-0.05, 0) is 53.8 Å². The number of rotatable bonds is 6. The molecule has 31 heavy (non-hydrogen) atoms. The Labute approximate surface area is 183 Å². The summed E-state index contributed by atoms with van der Waals surface area (Å²) in [6, 6.07) is 18.3. The van der Waals surface area contributed by atoms with Crippen LogP contribution in [0.25, 0.3) is 16.8 Å². The summed E-state index contributed by atoms with van der Waals surface area (Å²) in [4.78, 5) is 25.9. The zero-order chi connectivity index (χ0) is 21.4. The maximum Gasteiger partial charge on any atom is 0.251 e. The number of amides is 1. The van der Waals surface area contributed by atoms with Gasteiger partial charge in [0, 0.05) is 22.9 Å². The lowest BCUT2D eigenvalue weighted by Crippen LogP contribution is -2.30. The molecule has 1 N–H and O–H groups in total.